The SMILES string of the molecule is CCOc1nc(N)nc2c1ncn2C(C)O[C@@H]1COP(=O)(NC2CCCCC2)O[C@H]1[C@@H](C)N=[N+]=[N-]. The highest BCUT2D eigenvalue weighted by molar-refractivity contribution is 7.51. The zero-order valence-electron chi connectivity index (χ0n) is 20.1. The van der Waals surface area contributed by atoms with Gasteiger partial charge in [-0.05, 0) is 32.2 Å². The molecule has 14 nitrogen and oxygen atoms in total. The van der Waals surface area contributed by atoms with Gasteiger partial charge in [-0.1, -0.05) is 31.3 Å². The van der Waals surface area contributed by atoms with Crippen LogP contribution in [0.4, 0.5) is 5.95 Å². The predicted molar refractivity (Wildman–Crippen MR) is 128 cm³/mol. The molecule has 0 amide bonds. The van der Waals surface area contributed by atoms with Crippen LogP contribution in [0.15, 0.2) is 11.4 Å². The summed E-state index contributed by atoms with van der Waals surface area (Å²) in [5.41, 5.74) is 15.7. The van der Waals surface area contributed by atoms with Crippen molar-refractivity contribution in [1.29, 1.82) is 0 Å². The quantitative estimate of drug-likeness (QED) is 0.218. The second-order valence-corrected chi connectivity index (χ2v) is 10.4. The Morgan fingerprint density at radius 2 is 2.14 bits per heavy atom. The summed E-state index contributed by atoms with van der Waals surface area (Å²) in [6.07, 6.45) is 4.61. The highest BCUT2D eigenvalue weighted by Gasteiger charge is 2.44. The lowest BCUT2D eigenvalue weighted by molar-refractivity contribution is -0.132. The van der Waals surface area contributed by atoms with Crippen molar-refractivity contribution >= 4 is 24.9 Å². The lowest BCUT2D eigenvalue weighted by atomic mass is 9.96. The highest BCUT2D eigenvalue weighted by Crippen LogP contribution is 2.51. The summed E-state index contributed by atoms with van der Waals surface area (Å²) in [5.74, 6) is 0.332. The van der Waals surface area contributed by atoms with E-state index in [9.17, 15) is 4.57 Å². The van der Waals surface area contributed by atoms with E-state index >= 15 is 0 Å². The monoisotopic (exact) mass is 509 g/mol. The summed E-state index contributed by atoms with van der Waals surface area (Å²) in [5, 5.41) is 6.84. The number of aromatic nitrogens is 4. The van der Waals surface area contributed by atoms with E-state index in [-0.39, 0.29) is 24.5 Å². The lowest BCUT2D eigenvalue weighted by Crippen LogP contribution is -2.47. The van der Waals surface area contributed by atoms with Crippen molar-refractivity contribution < 1.29 is 23.1 Å². The van der Waals surface area contributed by atoms with E-state index < -0.39 is 32.2 Å². The Morgan fingerprint density at radius 3 is 2.86 bits per heavy atom. The standard InChI is InChI=1S/C20H32N9O5P/c1-4-31-19-16-18(24-20(21)25-19)29(11-23-16)13(3)33-15-10-32-35(30,27-14-8-6-5-7-9-14)34-17(15)12(2)26-28-22/h11-15,17H,4-10H2,1-3H3,(H,27,30)(H2,21,24,25)/t12-,13?,15-,17+,35?/m1/s1. The predicted octanol–water partition coefficient (Wildman–Crippen LogP) is 3.86. The van der Waals surface area contributed by atoms with Gasteiger partial charge in [-0.2, -0.15) is 9.97 Å². The number of rotatable bonds is 9. The Labute approximate surface area is 203 Å². The molecular weight excluding hydrogens is 477 g/mol. The number of hydrogen-bond donors (Lipinski definition) is 2. The molecule has 35 heavy (non-hydrogen) atoms. The molecule has 0 bridgehead atoms. The van der Waals surface area contributed by atoms with Gasteiger partial charge in [0, 0.05) is 11.0 Å². The molecule has 1 saturated carbocycles. The summed E-state index contributed by atoms with van der Waals surface area (Å²) in [7, 11) is -3.60. The molecule has 1 aliphatic carbocycles. The first-order valence-corrected chi connectivity index (χ1v) is 13.4. The minimum atomic E-state index is -3.60. The van der Waals surface area contributed by atoms with Crippen LogP contribution in [-0.4, -0.2) is 57.0 Å². The molecule has 1 saturated heterocycles. The fourth-order valence-electron chi connectivity index (χ4n) is 4.44. The van der Waals surface area contributed by atoms with E-state index in [1.165, 1.54) is 6.42 Å². The summed E-state index contributed by atoms with van der Waals surface area (Å²) >= 11 is 0. The van der Waals surface area contributed by atoms with E-state index in [2.05, 4.69) is 30.1 Å². The molecule has 3 N–H and O–H groups in total. The fourth-order valence-corrected chi connectivity index (χ4v) is 6.32. The number of azide groups is 1. The van der Waals surface area contributed by atoms with Crippen LogP contribution < -0.4 is 15.6 Å². The molecule has 0 radical (unpaired) electrons. The van der Waals surface area contributed by atoms with Crippen LogP contribution in [0.5, 0.6) is 5.88 Å². The molecule has 0 spiro atoms. The maximum absolute atomic E-state index is 13.4. The van der Waals surface area contributed by atoms with Crippen molar-refractivity contribution in [2.75, 3.05) is 18.9 Å². The molecule has 5 atom stereocenters. The molecule has 4 rings (SSSR count). The molecule has 2 unspecified atom stereocenters. The summed E-state index contributed by atoms with van der Waals surface area (Å²) in [6, 6.07) is -0.590. The second kappa shape index (κ2) is 11.1. The smallest absolute Gasteiger partial charge is 0.406 e. The van der Waals surface area contributed by atoms with E-state index in [4.69, 9.17) is 29.8 Å². The maximum atomic E-state index is 13.4. The van der Waals surface area contributed by atoms with Gasteiger partial charge in [-0.3, -0.25) is 13.6 Å². The molecule has 0 aromatic carbocycles. The van der Waals surface area contributed by atoms with Gasteiger partial charge >= 0.3 is 7.75 Å². The number of anilines is 1. The number of nitrogens with two attached hydrogens (primary N) is 1. The van der Waals surface area contributed by atoms with Gasteiger partial charge in [-0.25, -0.2) is 14.6 Å². The van der Waals surface area contributed by atoms with Crippen molar-refractivity contribution in [1.82, 2.24) is 24.6 Å². The van der Waals surface area contributed by atoms with Crippen LogP contribution >= 0.6 is 7.75 Å². The van der Waals surface area contributed by atoms with Crippen molar-refractivity contribution in [3.8, 4) is 5.88 Å². The fraction of sp³-hybridized carbons (Fsp3) is 0.750. The Balaban J connectivity index is 1.53. The summed E-state index contributed by atoms with van der Waals surface area (Å²) in [6.45, 7) is 5.71. The van der Waals surface area contributed by atoms with E-state index in [1.807, 2.05) is 6.92 Å². The first-order valence-electron chi connectivity index (χ1n) is 11.9. The summed E-state index contributed by atoms with van der Waals surface area (Å²) in [4.78, 5) is 15.6. The Morgan fingerprint density at radius 1 is 1.37 bits per heavy atom. The normalized spacial score (nSPS) is 27.3. The first-order chi connectivity index (χ1) is 16.8. The van der Waals surface area contributed by atoms with Gasteiger partial charge in [0.25, 0.3) is 0 Å². The number of nitrogens with zero attached hydrogens (tertiary/aromatic N) is 7. The van der Waals surface area contributed by atoms with Gasteiger partial charge in [0.2, 0.25) is 11.8 Å². The lowest BCUT2D eigenvalue weighted by Gasteiger charge is -2.40. The van der Waals surface area contributed by atoms with Crippen molar-refractivity contribution in [3.63, 3.8) is 0 Å². The van der Waals surface area contributed by atoms with Crippen molar-refractivity contribution in [3.05, 3.63) is 16.8 Å². The van der Waals surface area contributed by atoms with Crippen LogP contribution in [0.25, 0.3) is 21.6 Å². The van der Waals surface area contributed by atoms with E-state index in [0.29, 0.717) is 17.8 Å². The molecule has 2 aromatic heterocycles. The van der Waals surface area contributed by atoms with Gasteiger partial charge in [0.1, 0.15) is 18.4 Å². The second-order valence-electron chi connectivity index (χ2n) is 8.69. The average molecular weight is 510 g/mol. The third kappa shape index (κ3) is 5.85. The van der Waals surface area contributed by atoms with Crippen LogP contribution in [-0.2, 0) is 18.3 Å². The average Bonchev–Trinajstić information content (AvgIpc) is 3.25. The van der Waals surface area contributed by atoms with E-state index in [0.717, 1.165) is 25.7 Å². The molecule has 3 heterocycles. The topological polar surface area (TPSA) is 184 Å². The Bertz CT molecular complexity index is 1120. The van der Waals surface area contributed by atoms with Crippen molar-refractivity contribution in [2.45, 2.75) is 83.4 Å². The minimum Gasteiger partial charge on any atom is -0.476 e. The molecule has 1 aliphatic heterocycles. The largest absolute Gasteiger partial charge is 0.476 e. The highest BCUT2D eigenvalue weighted by atomic mass is 31.2. The molecule has 192 valence electrons. The van der Waals surface area contributed by atoms with Crippen molar-refractivity contribution in [2.24, 2.45) is 5.11 Å². The zero-order valence-corrected chi connectivity index (χ0v) is 21.0. The molecular formula is C20H32N9O5P. The molecule has 2 aromatic rings. The molecule has 2 aliphatic rings. The van der Waals surface area contributed by atoms with Gasteiger partial charge in [0.15, 0.2) is 11.2 Å². The van der Waals surface area contributed by atoms with Crippen LogP contribution in [0, 0.1) is 0 Å². The van der Waals surface area contributed by atoms with Gasteiger partial charge in [-0.15, -0.1) is 0 Å². The van der Waals surface area contributed by atoms with E-state index in [1.54, 1.807) is 24.7 Å². The molecule has 15 heteroatoms. The number of fused-ring (bicyclic) bond motifs is 1. The third-order valence-corrected chi connectivity index (χ3v) is 7.83. The number of nitrogen functional groups attached to an aromatic ring is 1. The van der Waals surface area contributed by atoms with Gasteiger partial charge < -0.3 is 15.2 Å². The number of hydrogen-bond acceptors (Lipinski definition) is 10. The first kappa shape index (κ1) is 25.6. The Hall–Kier alpha value is -2.47. The number of ether oxygens (including phenoxy) is 2. The number of nitrogens with one attached hydrogen (secondary N) is 1. The zero-order chi connectivity index (χ0) is 25.0. The molecule has 2 fully saturated rings. The maximum Gasteiger partial charge on any atom is 0.406 e. The Kier molecular flexibility index (Phi) is 8.10. The van der Waals surface area contributed by atoms with Crippen LogP contribution in [0.1, 0.15) is 59.1 Å². The number of imidazole rings is 1. The third-order valence-electron chi connectivity index (χ3n) is 6.14. The van der Waals surface area contributed by atoms with Crippen LogP contribution in [0.3, 0.4) is 0 Å². The summed E-state index contributed by atoms with van der Waals surface area (Å²) < 4.78 is 38.5. The van der Waals surface area contributed by atoms with Crippen LogP contribution in [0.2, 0.25) is 0 Å². The minimum absolute atomic E-state index is 0.00869. The van der Waals surface area contributed by atoms with Gasteiger partial charge in [0.05, 0.1) is 25.6 Å².